The molecule has 0 saturated carbocycles. The number of hydrogen-bond acceptors (Lipinski definition) is 3. The van der Waals surface area contributed by atoms with Crippen molar-refractivity contribution in [2.45, 2.75) is 6.54 Å². The maximum Gasteiger partial charge on any atom is 0.161 e. The van der Waals surface area contributed by atoms with E-state index >= 15 is 0 Å². The number of fused-ring (bicyclic) bond motifs is 1. The number of aromatic nitrogens is 1. The zero-order chi connectivity index (χ0) is 10.8. The zero-order valence-electron chi connectivity index (χ0n) is 8.84. The topological polar surface area (TPSA) is 25.4 Å². The summed E-state index contributed by atoms with van der Waals surface area (Å²) >= 11 is 0. The molecule has 1 aliphatic rings. The number of rotatable bonds is 1. The van der Waals surface area contributed by atoms with Gasteiger partial charge in [0.15, 0.2) is 6.73 Å². The Morgan fingerprint density at radius 2 is 2.00 bits per heavy atom. The Kier molecular flexibility index (Phi) is 2.22. The van der Waals surface area contributed by atoms with E-state index in [2.05, 4.69) is 22.0 Å². The first-order valence-electron chi connectivity index (χ1n) is 5.29. The SMILES string of the molecule is c1ccc(N2COc3ccncc3C2)cc1. The molecule has 80 valence electrons. The molecule has 1 aromatic heterocycles. The molecule has 0 saturated heterocycles. The standard InChI is InChI=1S/C13H12N2O/c1-2-4-12(5-3-1)15-9-11-8-14-7-6-13(11)16-10-15/h1-8H,9-10H2. The molecule has 3 nitrogen and oxygen atoms in total. The number of anilines is 1. The molecule has 0 radical (unpaired) electrons. The summed E-state index contributed by atoms with van der Waals surface area (Å²) in [4.78, 5) is 6.30. The number of pyridine rings is 1. The van der Waals surface area contributed by atoms with E-state index in [1.165, 1.54) is 5.69 Å². The molecule has 0 spiro atoms. The summed E-state index contributed by atoms with van der Waals surface area (Å²) in [7, 11) is 0. The van der Waals surface area contributed by atoms with Crippen molar-refractivity contribution in [1.29, 1.82) is 0 Å². The van der Waals surface area contributed by atoms with Gasteiger partial charge in [-0.2, -0.15) is 0 Å². The van der Waals surface area contributed by atoms with E-state index in [1.807, 2.05) is 30.5 Å². The molecule has 0 fully saturated rings. The first-order valence-corrected chi connectivity index (χ1v) is 5.29. The van der Waals surface area contributed by atoms with E-state index in [9.17, 15) is 0 Å². The largest absolute Gasteiger partial charge is 0.473 e. The molecular weight excluding hydrogens is 200 g/mol. The van der Waals surface area contributed by atoms with Gasteiger partial charge in [-0.15, -0.1) is 0 Å². The van der Waals surface area contributed by atoms with Gasteiger partial charge in [-0.3, -0.25) is 4.98 Å². The minimum Gasteiger partial charge on any atom is -0.473 e. The number of nitrogens with zero attached hydrogens (tertiary/aromatic N) is 2. The second kappa shape index (κ2) is 3.85. The van der Waals surface area contributed by atoms with Gasteiger partial charge in [0.05, 0.1) is 6.54 Å². The van der Waals surface area contributed by atoms with Crippen LogP contribution in [0, 0.1) is 0 Å². The Balaban J connectivity index is 1.89. The van der Waals surface area contributed by atoms with E-state index in [0.717, 1.165) is 17.9 Å². The van der Waals surface area contributed by atoms with E-state index < -0.39 is 0 Å². The Morgan fingerprint density at radius 3 is 2.88 bits per heavy atom. The van der Waals surface area contributed by atoms with Crippen molar-refractivity contribution in [3.63, 3.8) is 0 Å². The number of benzene rings is 1. The maximum absolute atomic E-state index is 5.68. The average molecular weight is 212 g/mol. The molecule has 3 rings (SSSR count). The summed E-state index contributed by atoms with van der Waals surface area (Å²) in [6, 6.07) is 12.2. The van der Waals surface area contributed by atoms with Crippen molar-refractivity contribution in [3.05, 3.63) is 54.4 Å². The first kappa shape index (κ1) is 9.21. The summed E-state index contributed by atoms with van der Waals surface area (Å²) in [6.45, 7) is 1.45. The van der Waals surface area contributed by atoms with Crippen LogP contribution in [0.15, 0.2) is 48.8 Å². The summed E-state index contributed by atoms with van der Waals surface area (Å²) in [6.07, 6.45) is 3.63. The van der Waals surface area contributed by atoms with Crippen molar-refractivity contribution in [2.75, 3.05) is 11.6 Å². The molecule has 0 atom stereocenters. The summed E-state index contributed by atoms with van der Waals surface area (Å²) in [5, 5.41) is 0. The lowest BCUT2D eigenvalue weighted by molar-refractivity contribution is 0.289. The van der Waals surface area contributed by atoms with Crippen molar-refractivity contribution in [2.24, 2.45) is 0 Å². The lowest BCUT2D eigenvalue weighted by atomic mass is 10.2. The van der Waals surface area contributed by atoms with Crippen molar-refractivity contribution in [3.8, 4) is 5.75 Å². The molecule has 3 heteroatoms. The van der Waals surface area contributed by atoms with Crippen molar-refractivity contribution < 1.29 is 4.74 Å². The third-order valence-corrected chi connectivity index (χ3v) is 2.72. The van der Waals surface area contributed by atoms with Gasteiger partial charge in [0, 0.05) is 23.6 Å². The Hall–Kier alpha value is -2.03. The van der Waals surface area contributed by atoms with Crippen LogP contribution in [0.1, 0.15) is 5.56 Å². The van der Waals surface area contributed by atoms with Gasteiger partial charge >= 0.3 is 0 Å². The van der Waals surface area contributed by atoms with Crippen molar-refractivity contribution in [1.82, 2.24) is 4.98 Å². The predicted molar refractivity (Wildman–Crippen MR) is 62.4 cm³/mol. The number of hydrogen-bond donors (Lipinski definition) is 0. The molecule has 0 N–H and O–H groups in total. The molecule has 16 heavy (non-hydrogen) atoms. The van der Waals surface area contributed by atoms with E-state index in [-0.39, 0.29) is 0 Å². The summed E-state index contributed by atoms with van der Waals surface area (Å²) in [5.41, 5.74) is 2.31. The van der Waals surface area contributed by atoms with Crippen LogP contribution in [-0.4, -0.2) is 11.7 Å². The van der Waals surface area contributed by atoms with Crippen LogP contribution < -0.4 is 9.64 Å². The van der Waals surface area contributed by atoms with Crippen LogP contribution in [-0.2, 0) is 6.54 Å². The highest BCUT2D eigenvalue weighted by atomic mass is 16.5. The smallest absolute Gasteiger partial charge is 0.161 e. The maximum atomic E-state index is 5.68. The minimum atomic E-state index is 0.598. The Bertz CT molecular complexity index is 484. The van der Waals surface area contributed by atoms with Gasteiger partial charge in [0.25, 0.3) is 0 Å². The Morgan fingerprint density at radius 1 is 1.12 bits per heavy atom. The lowest BCUT2D eigenvalue weighted by Gasteiger charge is -2.30. The number of ether oxygens (including phenoxy) is 1. The minimum absolute atomic E-state index is 0.598. The first-order chi connectivity index (χ1) is 7.93. The highest BCUT2D eigenvalue weighted by Gasteiger charge is 2.16. The molecule has 1 aromatic carbocycles. The van der Waals surface area contributed by atoms with Crippen LogP contribution in [0.25, 0.3) is 0 Å². The van der Waals surface area contributed by atoms with Crippen LogP contribution in [0.3, 0.4) is 0 Å². The van der Waals surface area contributed by atoms with Crippen molar-refractivity contribution >= 4 is 5.69 Å². The van der Waals surface area contributed by atoms with Gasteiger partial charge in [-0.25, -0.2) is 0 Å². The molecular formula is C13H12N2O. The molecule has 0 unspecified atom stereocenters. The fraction of sp³-hybridized carbons (Fsp3) is 0.154. The monoisotopic (exact) mass is 212 g/mol. The third kappa shape index (κ3) is 1.60. The predicted octanol–water partition coefficient (Wildman–Crippen LogP) is 2.44. The second-order valence-electron chi connectivity index (χ2n) is 3.79. The van der Waals surface area contributed by atoms with Crippen LogP contribution >= 0.6 is 0 Å². The highest BCUT2D eigenvalue weighted by Crippen LogP contribution is 2.26. The third-order valence-electron chi connectivity index (χ3n) is 2.72. The normalized spacial score (nSPS) is 14.1. The van der Waals surface area contributed by atoms with Crippen LogP contribution in [0.5, 0.6) is 5.75 Å². The van der Waals surface area contributed by atoms with E-state index in [1.54, 1.807) is 6.20 Å². The van der Waals surface area contributed by atoms with Gasteiger partial charge in [0.2, 0.25) is 0 Å². The van der Waals surface area contributed by atoms with Crippen LogP contribution in [0.2, 0.25) is 0 Å². The average Bonchev–Trinajstić information content (AvgIpc) is 2.39. The lowest BCUT2D eigenvalue weighted by Crippen LogP contribution is -2.31. The highest BCUT2D eigenvalue weighted by molar-refractivity contribution is 5.48. The zero-order valence-corrected chi connectivity index (χ0v) is 8.84. The fourth-order valence-corrected chi connectivity index (χ4v) is 1.88. The fourth-order valence-electron chi connectivity index (χ4n) is 1.88. The van der Waals surface area contributed by atoms with Crippen LogP contribution in [0.4, 0.5) is 5.69 Å². The van der Waals surface area contributed by atoms with E-state index in [4.69, 9.17) is 4.74 Å². The van der Waals surface area contributed by atoms with Gasteiger partial charge in [-0.05, 0) is 18.2 Å². The quantitative estimate of drug-likeness (QED) is 0.726. The second-order valence-corrected chi connectivity index (χ2v) is 3.79. The summed E-state index contributed by atoms with van der Waals surface area (Å²) in [5.74, 6) is 0.946. The van der Waals surface area contributed by atoms with Gasteiger partial charge in [0.1, 0.15) is 5.75 Å². The summed E-state index contributed by atoms with van der Waals surface area (Å²) < 4.78 is 5.68. The molecule has 0 bridgehead atoms. The van der Waals surface area contributed by atoms with E-state index in [0.29, 0.717) is 6.73 Å². The molecule has 0 amide bonds. The molecule has 2 heterocycles. The van der Waals surface area contributed by atoms with Gasteiger partial charge in [-0.1, -0.05) is 18.2 Å². The molecule has 2 aromatic rings. The molecule has 1 aliphatic heterocycles. The molecule has 0 aliphatic carbocycles. The van der Waals surface area contributed by atoms with Gasteiger partial charge < -0.3 is 9.64 Å². The number of para-hydroxylation sites is 1. The Labute approximate surface area is 94.3 Å².